The van der Waals surface area contributed by atoms with Gasteiger partial charge in [-0.15, -0.1) is 11.3 Å². The topological polar surface area (TPSA) is 133 Å². The van der Waals surface area contributed by atoms with Gasteiger partial charge in [0, 0.05) is 56.7 Å². The number of benzene rings is 1. The van der Waals surface area contributed by atoms with Crippen LogP contribution in [0.15, 0.2) is 67.3 Å². The summed E-state index contributed by atoms with van der Waals surface area (Å²) in [4.78, 5) is 35.0. The highest BCUT2D eigenvalue weighted by Crippen LogP contribution is 2.43. The van der Waals surface area contributed by atoms with E-state index in [-0.39, 0.29) is 29.2 Å². The number of nitrogens with one attached hydrogen (secondary N) is 1. The number of carbonyl (C=O) groups excluding carboxylic acids is 1. The number of amides is 1. The zero-order valence-electron chi connectivity index (χ0n) is 26.5. The number of nitrogens with two attached hydrogens (primary N) is 1. The average Bonchev–Trinajstić information content (AvgIpc) is 3.89. The summed E-state index contributed by atoms with van der Waals surface area (Å²) < 4.78 is 15.1. The molecular weight excluding hydrogens is 616 g/mol. The zero-order valence-corrected chi connectivity index (χ0v) is 27.3. The Hall–Kier alpha value is -4.75. The van der Waals surface area contributed by atoms with Crippen molar-refractivity contribution in [3.63, 3.8) is 0 Å². The van der Waals surface area contributed by atoms with Crippen molar-refractivity contribution in [3.05, 3.63) is 89.4 Å². The molecule has 0 bridgehead atoms. The van der Waals surface area contributed by atoms with Crippen molar-refractivity contribution in [1.82, 2.24) is 34.5 Å². The van der Waals surface area contributed by atoms with Crippen LogP contribution < -0.4 is 10.6 Å². The summed E-state index contributed by atoms with van der Waals surface area (Å²) in [6, 6.07) is 9.18. The number of halogens is 1. The molecule has 3 N–H and O–H groups in total. The number of carbonyl (C=O) groups is 1. The van der Waals surface area contributed by atoms with Crippen LogP contribution in [0, 0.1) is 16.6 Å². The number of aromatic nitrogens is 5. The van der Waals surface area contributed by atoms with E-state index in [2.05, 4.69) is 49.4 Å². The number of hydrogen-bond acceptors (Lipinski definition) is 10. The molecule has 3 aliphatic rings. The van der Waals surface area contributed by atoms with Crippen LogP contribution in [0.4, 0.5) is 15.9 Å². The molecule has 1 unspecified atom stereocenters. The monoisotopic (exact) mass is 652 g/mol. The SMILES string of the molecule is C=C(C(C)N1CC[C@]2(CCN(c3ccc(N)c(C(=N)c4ccc(F)cc4)n3)C2=O)C1)N1CC=C(c2ncc(-c3ncn(C)n3)s2)CC1. The number of aryl methyl sites for hydroxylation is 1. The molecule has 47 heavy (non-hydrogen) atoms. The molecule has 6 heterocycles. The Morgan fingerprint density at radius 3 is 2.64 bits per heavy atom. The minimum atomic E-state index is -0.484. The summed E-state index contributed by atoms with van der Waals surface area (Å²) in [7, 11) is 1.86. The van der Waals surface area contributed by atoms with Crippen molar-refractivity contribution < 1.29 is 9.18 Å². The second kappa shape index (κ2) is 12.1. The van der Waals surface area contributed by atoms with Gasteiger partial charge in [0.2, 0.25) is 5.91 Å². The van der Waals surface area contributed by atoms with Crippen LogP contribution in [0.5, 0.6) is 0 Å². The van der Waals surface area contributed by atoms with Crippen LogP contribution in [0.25, 0.3) is 16.3 Å². The fourth-order valence-electron chi connectivity index (χ4n) is 6.79. The van der Waals surface area contributed by atoms with E-state index in [1.54, 1.807) is 39.4 Å². The molecule has 13 heteroatoms. The Morgan fingerprint density at radius 2 is 1.91 bits per heavy atom. The lowest BCUT2D eigenvalue weighted by Crippen LogP contribution is -2.43. The minimum Gasteiger partial charge on any atom is -0.397 e. The Labute approximate surface area is 276 Å². The van der Waals surface area contributed by atoms with Crippen molar-refractivity contribution in [2.75, 3.05) is 43.4 Å². The fourth-order valence-corrected chi connectivity index (χ4v) is 7.71. The zero-order chi connectivity index (χ0) is 32.9. The molecule has 242 valence electrons. The maximum absolute atomic E-state index is 14.0. The number of pyridine rings is 1. The Balaban J connectivity index is 0.988. The lowest BCUT2D eigenvalue weighted by molar-refractivity contribution is -0.125. The standard InChI is InChI=1S/C34H37FN10OS/c1-21(43-14-10-24(11-15-43)32-38-18-27(47-32)31-39-20-42(3)41-31)22(2)44-16-12-34(19-44)13-17-45(33(34)46)28-9-8-26(36)30(40-28)29(37)23-4-6-25(35)7-5-23/h4-10,18,20,22,37H,1,11-17,19,36H2,2-3H3/t22?,34-/m0/s1. The first kappa shape index (κ1) is 30.9. The molecule has 0 radical (unpaired) electrons. The maximum Gasteiger partial charge on any atom is 0.235 e. The summed E-state index contributed by atoms with van der Waals surface area (Å²) in [5.41, 5.74) is 9.21. The molecule has 11 nitrogen and oxygen atoms in total. The van der Waals surface area contributed by atoms with Crippen LogP contribution in [-0.4, -0.2) is 84.9 Å². The third-order valence-electron chi connectivity index (χ3n) is 9.70. The van der Waals surface area contributed by atoms with E-state index in [4.69, 9.17) is 11.1 Å². The number of likely N-dealkylation sites (tertiary alicyclic amines) is 1. The van der Waals surface area contributed by atoms with Gasteiger partial charge in [0.05, 0.1) is 21.7 Å². The molecule has 2 atom stereocenters. The first-order valence-electron chi connectivity index (χ1n) is 15.7. The smallest absolute Gasteiger partial charge is 0.235 e. The lowest BCUT2D eigenvalue weighted by atomic mass is 9.85. The molecule has 7 rings (SSSR count). The summed E-state index contributed by atoms with van der Waals surface area (Å²) >= 11 is 1.62. The number of nitrogens with zero attached hydrogens (tertiary/aromatic N) is 8. The number of nitrogen functional groups attached to an aromatic ring is 1. The highest BCUT2D eigenvalue weighted by molar-refractivity contribution is 7.16. The van der Waals surface area contributed by atoms with Gasteiger partial charge in [0.25, 0.3) is 0 Å². The molecule has 4 aromatic rings. The van der Waals surface area contributed by atoms with Crippen molar-refractivity contribution in [2.24, 2.45) is 12.5 Å². The predicted molar refractivity (Wildman–Crippen MR) is 181 cm³/mol. The lowest BCUT2D eigenvalue weighted by Gasteiger charge is -2.36. The molecule has 1 spiro atoms. The number of anilines is 2. The quantitative estimate of drug-likeness (QED) is 0.264. The van der Waals surface area contributed by atoms with E-state index in [9.17, 15) is 9.18 Å². The van der Waals surface area contributed by atoms with Crippen molar-refractivity contribution in [3.8, 4) is 10.7 Å². The molecule has 3 aromatic heterocycles. The second-order valence-electron chi connectivity index (χ2n) is 12.6. The first-order chi connectivity index (χ1) is 22.6. The van der Waals surface area contributed by atoms with E-state index in [1.807, 2.05) is 13.2 Å². The van der Waals surface area contributed by atoms with Crippen molar-refractivity contribution in [1.29, 1.82) is 5.41 Å². The molecule has 1 aromatic carbocycles. The largest absolute Gasteiger partial charge is 0.397 e. The molecule has 3 aliphatic heterocycles. The first-order valence-corrected chi connectivity index (χ1v) is 16.6. The predicted octanol–water partition coefficient (Wildman–Crippen LogP) is 4.59. The second-order valence-corrected chi connectivity index (χ2v) is 13.6. The average molecular weight is 653 g/mol. The number of thiazole rings is 1. The van der Waals surface area contributed by atoms with Gasteiger partial charge in [-0.2, -0.15) is 5.10 Å². The van der Waals surface area contributed by atoms with Gasteiger partial charge in [-0.25, -0.2) is 19.3 Å². The molecule has 1 amide bonds. The Kier molecular flexibility index (Phi) is 7.96. The van der Waals surface area contributed by atoms with E-state index in [0.29, 0.717) is 36.0 Å². The van der Waals surface area contributed by atoms with Crippen LogP contribution in [0.3, 0.4) is 0 Å². The minimum absolute atomic E-state index is 0.0589. The summed E-state index contributed by atoms with van der Waals surface area (Å²) in [5.74, 6) is 0.859. The van der Waals surface area contributed by atoms with Gasteiger partial charge in [0.1, 0.15) is 28.7 Å². The normalized spacial score (nSPS) is 20.7. The summed E-state index contributed by atoms with van der Waals surface area (Å²) in [6.07, 6.45) is 8.16. The van der Waals surface area contributed by atoms with Crippen molar-refractivity contribution >= 4 is 40.0 Å². The number of rotatable bonds is 8. The van der Waals surface area contributed by atoms with Gasteiger partial charge in [-0.1, -0.05) is 12.7 Å². The van der Waals surface area contributed by atoms with E-state index in [0.717, 1.165) is 54.5 Å². The van der Waals surface area contributed by atoms with Crippen LogP contribution in [0.1, 0.15) is 42.5 Å². The van der Waals surface area contributed by atoms with E-state index < -0.39 is 5.41 Å². The van der Waals surface area contributed by atoms with Gasteiger partial charge < -0.3 is 10.6 Å². The van der Waals surface area contributed by atoms with E-state index in [1.165, 1.54) is 29.8 Å². The van der Waals surface area contributed by atoms with Gasteiger partial charge in [0.15, 0.2) is 5.82 Å². The third kappa shape index (κ3) is 5.74. The maximum atomic E-state index is 14.0. The van der Waals surface area contributed by atoms with Gasteiger partial charge in [-0.3, -0.25) is 24.7 Å². The van der Waals surface area contributed by atoms with Crippen molar-refractivity contribution in [2.45, 2.75) is 32.2 Å². The third-order valence-corrected chi connectivity index (χ3v) is 10.8. The number of hydrogen-bond donors (Lipinski definition) is 2. The van der Waals surface area contributed by atoms with Gasteiger partial charge in [-0.05, 0) is 74.7 Å². The highest BCUT2D eigenvalue weighted by Gasteiger charge is 2.52. The Bertz CT molecular complexity index is 1900. The summed E-state index contributed by atoms with van der Waals surface area (Å²) in [6.45, 7) is 10.3. The molecule has 0 aliphatic carbocycles. The van der Waals surface area contributed by atoms with Crippen LogP contribution in [0.2, 0.25) is 0 Å². The summed E-state index contributed by atoms with van der Waals surface area (Å²) in [5, 5.41) is 14.0. The highest BCUT2D eigenvalue weighted by atomic mass is 32.1. The fraction of sp³-hybridized carbons (Fsp3) is 0.353. The molecule has 0 saturated carbocycles. The van der Waals surface area contributed by atoms with Crippen LogP contribution in [-0.2, 0) is 11.8 Å². The molecule has 2 fully saturated rings. The Morgan fingerprint density at radius 1 is 1.13 bits per heavy atom. The molecular formula is C34H37FN10OS. The van der Waals surface area contributed by atoms with E-state index >= 15 is 0 Å². The van der Waals surface area contributed by atoms with Gasteiger partial charge >= 0.3 is 0 Å². The molecule has 2 saturated heterocycles. The van der Waals surface area contributed by atoms with Crippen LogP contribution >= 0.6 is 11.3 Å².